The summed E-state index contributed by atoms with van der Waals surface area (Å²) in [6.45, 7) is 1.13. The van der Waals surface area contributed by atoms with Gasteiger partial charge in [0, 0.05) is 21.7 Å². The average Bonchev–Trinajstić information content (AvgIpc) is 2.81. The highest BCUT2D eigenvalue weighted by Gasteiger charge is 2.27. The van der Waals surface area contributed by atoms with Crippen LogP contribution in [0.2, 0.25) is 5.02 Å². The van der Waals surface area contributed by atoms with Crippen molar-refractivity contribution in [3.63, 3.8) is 0 Å². The number of nitrogens with one attached hydrogen (secondary N) is 2. The van der Waals surface area contributed by atoms with Crippen molar-refractivity contribution in [3.05, 3.63) is 87.4 Å². The minimum atomic E-state index is -4.05. The van der Waals surface area contributed by atoms with Crippen LogP contribution in [0.1, 0.15) is 11.1 Å². The fourth-order valence-corrected chi connectivity index (χ4v) is 5.68. The van der Waals surface area contributed by atoms with Gasteiger partial charge in [0.25, 0.3) is 0 Å². The van der Waals surface area contributed by atoms with E-state index >= 15 is 0 Å². The molecule has 0 unspecified atom stereocenters. The number of hydrogen-bond donors (Lipinski definition) is 2. The molecule has 0 saturated heterocycles. The quantitative estimate of drug-likeness (QED) is 0.383. The predicted molar refractivity (Wildman–Crippen MR) is 139 cm³/mol. The van der Waals surface area contributed by atoms with E-state index < -0.39 is 32.5 Å². The summed E-state index contributed by atoms with van der Waals surface area (Å²) in [4.78, 5) is 13.0. The maximum absolute atomic E-state index is 13.4. The molecule has 0 radical (unpaired) electrons. The molecule has 0 atom stereocenters. The minimum Gasteiger partial charge on any atom is -0.325 e. The highest BCUT2D eigenvalue weighted by atomic mass is 79.9. The Hall–Kier alpha value is -2.28. The zero-order valence-corrected chi connectivity index (χ0v) is 22.8. The fraction of sp³-hybridized carbons (Fsp3) is 0.174. The highest BCUT2D eigenvalue weighted by molar-refractivity contribution is 9.10. The Labute approximate surface area is 218 Å². The molecule has 0 saturated carbocycles. The van der Waals surface area contributed by atoms with E-state index in [1.165, 1.54) is 31.3 Å². The van der Waals surface area contributed by atoms with Crippen LogP contribution in [-0.4, -0.2) is 40.6 Å². The van der Waals surface area contributed by atoms with Crippen molar-refractivity contribution >= 4 is 59.2 Å². The number of aryl methyl sites for hydroxylation is 1. The summed E-state index contributed by atoms with van der Waals surface area (Å²) in [5.41, 5.74) is 1.52. The Balaban J connectivity index is 1.91. The second kappa shape index (κ2) is 11.2. The van der Waals surface area contributed by atoms with Gasteiger partial charge in [0.1, 0.15) is 0 Å². The number of hydrogen-bond acceptors (Lipinski definition) is 5. The summed E-state index contributed by atoms with van der Waals surface area (Å²) in [5, 5.41) is 3.14. The molecule has 0 heterocycles. The van der Waals surface area contributed by atoms with Gasteiger partial charge in [-0.15, -0.1) is 0 Å². The lowest BCUT2D eigenvalue weighted by atomic mass is 10.2. The van der Waals surface area contributed by atoms with E-state index in [4.69, 9.17) is 11.6 Å². The normalized spacial score (nSPS) is 12.0. The molecule has 1 amide bonds. The number of anilines is 1. The average molecular weight is 601 g/mol. The topological polar surface area (TPSA) is 113 Å². The van der Waals surface area contributed by atoms with E-state index in [2.05, 4.69) is 26.0 Å². The molecule has 3 aromatic rings. The maximum atomic E-state index is 13.4. The second-order valence-corrected chi connectivity index (χ2v) is 12.8. The van der Waals surface area contributed by atoms with Gasteiger partial charge < -0.3 is 5.32 Å². The fourth-order valence-electron chi connectivity index (χ4n) is 3.15. The summed E-state index contributed by atoms with van der Waals surface area (Å²) in [6.07, 6.45) is 0. The molecule has 2 N–H and O–H groups in total. The molecule has 12 heteroatoms. The molecule has 3 aromatic carbocycles. The highest BCUT2D eigenvalue weighted by Crippen LogP contribution is 2.23. The van der Waals surface area contributed by atoms with Crippen LogP contribution in [0.3, 0.4) is 0 Å². The van der Waals surface area contributed by atoms with Crippen LogP contribution in [-0.2, 0) is 31.4 Å². The molecule has 0 aliphatic carbocycles. The van der Waals surface area contributed by atoms with Crippen molar-refractivity contribution in [1.82, 2.24) is 9.03 Å². The number of nitrogens with zero attached hydrogens (tertiary/aromatic N) is 1. The van der Waals surface area contributed by atoms with E-state index in [0.29, 0.717) is 20.6 Å². The standard InChI is InChI=1S/C23H23BrClN3O5S2/c1-16-3-10-21(34(30,31)26-2)13-22(16)27-23(29)15-28(14-17-4-8-19(25)9-5-17)35(32,33)20-11-6-18(24)7-12-20/h3-13,26H,14-15H2,1-2H3,(H,27,29). The van der Waals surface area contributed by atoms with Crippen molar-refractivity contribution in [2.45, 2.75) is 23.3 Å². The first-order chi connectivity index (χ1) is 16.4. The third-order valence-electron chi connectivity index (χ3n) is 5.11. The summed E-state index contributed by atoms with van der Waals surface area (Å²) in [5.74, 6) is -0.623. The van der Waals surface area contributed by atoms with Crippen LogP contribution in [0.25, 0.3) is 0 Å². The molecular formula is C23H23BrClN3O5S2. The Morgan fingerprint density at radius 1 is 0.943 bits per heavy atom. The molecule has 0 bridgehead atoms. The van der Waals surface area contributed by atoms with E-state index in [9.17, 15) is 21.6 Å². The number of halogens is 2. The molecule has 0 aliphatic rings. The minimum absolute atomic E-state index is 0.0265. The number of amides is 1. The second-order valence-electron chi connectivity index (χ2n) is 7.59. The van der Waals surface area contributed by atoms with Gasteiger partial charge in [0.2, 0.25) is 26.0 Å². The third kappa shape index (κ3) is 6.90. The number of rotatable bonds is 9. The Kier molecular flexibility index (Phi) is 8.73. The molecule has 186 valence electrons. The smallest absolute Gasteiger partial charge is 0.243 e. The molecule has 3 rings (SSSR count). The van der Waals surface area contributed by atoms with Crippen molar-refractivity contribution in [1.29, 1.82) is 0 Å². The Morgan fingerprint density at radius 2 is 1.54 bits per heavy atom. The van der Waals surface area contributed by atoms with Gasteiger partial charge in [-0.25, -0.2) is 21.6 Å². The first kappa shape index (κ1) is 27.3. The van der Waals surface area contributed by atoms with Crippen molar-refractivity contribution in [2.24, 2.45) is 0 Å². The van der Waals surface area contributed by atoms with Gasteiger partial charge >= 0.3 is 0 Å². The number of sulfonamides is 2. The zero-order valence-electron chi connectivity index (χ0n) is 18.8. The van der Waals surface area contributed by atoms with Crippen molar-refractivity contribution in [2.75, 3.05) is 18.9 Å². The largest absolute Gasteiger partial charge is 0.325 e. The van der Waals surface area contributed by atoms with Crippen LogP contribution in [0.4, 0.5) is 5.69 Å². The van der Waals surface area contributed by atoms with E-state index in [-0.39, 0.29) is 22.0 Å². The molecular weight excluding hydrogens is 578 g/mol. The summed E-state index contributed by atoms with van der Waals surface area (Å²) < 4.78 is 55.1. The van der Waals surface area contributed by atoms with Gasteiger partial charge in [-0.05, 0) is 73.6 Å². The zero-order chi connectivity index (χ0) is 25.8. The third-order valence-corrected chi connectivity index (χ3v) is 9.10. The monoisotopic (exact) mass is 599 g/mol. The molecule has 8 nitrogen and oxygen atoms in total. The van der Waals surface area contributed by atoms with Crippen LogP contribution in [0, 0.1) is 6.92 Å². The lowest BCUT2D eigenvalue weighted by Crippen LogP contribution is -2.37. The van der Waals surface area contributed by atoms with Gasteiger partial charge in [0.05, 0.1) is 16.3 Å². The molecule has 0 spiro atoms. The SMILES string of the molecule is CNS(=O)(=O)c1ccc(C)c(NC(=O)CN(Cc2ccc(Cl)cc2)S(=O)(=O)c2ccc(Br)cc2)c1. The maximum Gasteiger partial charge on any atom is 0.243 e. The lowest BCUT2D eigenvalue weighted by molar-refractivity contribution is -0.116. The van der Waals surface area contributed by atoms with Crippen molar-refractivity contribution in [3.8, 4) is 0 Å². The van der Waals surface area contributed by atoms with Crippen molar-refractivity contribution < 1.29 is 21.6 Å². The Bertz CT molecular complexity index is 1430. The summed E-state index contributed by atoms with van der Waals surface area (Å²) in [6, 6.07) is 17.0. The van der Waals surface area contributed by atoms with Crippen LogP contribution >= 0.6 is 27.5 Å². The van der Waals surface area contributed by atoms with E-state index in [0.717, 1.165) is 4.31 Å². The first-order valence-corrected chi connectivity index (χ1v) is 14.4. The van der Waals surface area contributed by atoms with Gasteiger partial charge in [-0.2, -0.15) is 4.31 Å². The van der Waals surface area contributed by atoms with Crippen LogP contribution in [0.5, 0.6) is 0 Å². The van der Waals surface area contributed by atoms with Crippen LogP contribution in [0.15, 0.2) is 81.0 Å². The van der Waals surface area contributed by atoms with Gasteiger partial charge in [-0.3, -0.25) is 4.79 Å². The summed E-state index contributed by atoms with van der Waals surface area (Å²) >= 11 is 9.23. The number of benzene rings is 3. The van der Waals surface area contributed by atoms with E-state index in [1.807, 2.05) is 0 Å². The molecule has 0 aromatic heterocycles. The summed E-state index contributed by atoms with van der Waals surface area (Å²) in [7, 11) is -6.48. The number of carbonyl (C=O) groups is 1. The molecule has 35 heavy (non-hydrogen) atoms. The van der Waals surface area contributed by atoms with Crippen LogP contribution < -0.4 is 10.0 Å². The molecule has 0 aliphatic heterocycles. The molecule has 0 fully saturated rings. The predicted octanol–water partition coefficient (Wildman–Crippen LogP) is 4.15. The van der Waals surface area contributed by atoms with Gasteiger partial charge in [0.15, 0.2) is 0 Å². The number of carbonyl (C=O) groups excluding carboxylic acids is 1. The van der Waals surface area contributed by atoms with Gasteiger partial charge in [-0.1, -0.05) is 45.7 Å². The van der Waals surface area contributed by atoms with E-state index in [1.54, 1.807) is 49.4 Å². The lowest BCUT2D eigenvalue weighted by Gasteiger charge is -2.22. The first-order valence-electron chi connectivity index (χ1n) is 10.3. The Morgan fingerprint density at radius 3 is 2.14 bits per heavy atom.